The van der Waals surface area contributed by atoms with Gasteiger partial charge in [0, 0.05) is 17.9 Å². The molecule has 0 radical (unpaired) electrons. The van der Waals surface area contributed by atoms with E-state index in [-0.39, 0.29) is 11.5 Å². The molecule has 4 nitrogen and oxygen atoms in total. The number of hydrogen-bond acceptors (Lipinski definition) is 4. The van der Waals surface area contributed by atoms with Gasteiger partial charge in [-0.3, -0.25) is 0 Å². The fraction of sp³-hybridized carbons (Fsp3) is 0.667. The number of ether oxygens (including phenoxy) is 2. The summed E-state index contributed by atoms with van der Waals surface area (Å²) in [7, 11) is 0. The van der Waals surface area contributed by atoms with Crippen molar-refractivity contribution in [3.8, 4) is 5.75 Å². The van der Waals surface area contributed by atoms with Crippen LogP contribution in [0.15, 0.2) is 6.07 Å². The molecule has 1 aliphatic heterocycles. The molecule has 0 spiro atoms. The minimum atomic E-state index is -0.919. The molecule has 1 saturated heterocycles. The van der Waals surface area contributed by atoms with Crippen LogP contribution in [0.4, 0.5) is 0 Å². The summed E-state index contributed by atoms with van der Waals surface area (Å²) in [4.78, 5) is 12.6. The summed E-state index contributed by atoms with van der Waals surface area (Å²) in [5.74, 6) is -0.428. The number of hydrogen-bond donors (Lipinski definition) is 1. The van der Waals surface area contributed by atoms with E-state index in [0.29, 0.717) is 17.2 Å². The highest BCUT2D eigenvalue weighted by Crippen LogP contribution is 2.37. The van der Waals surface area contributed by atoms with Crippen LogP contribution in [0.3, 0.4) is 0 Å². The molecule has 5 heteroatoms. The Morgan fingerprint density at radius 1 is 1.55 bits per heavy atom. The summed E-state index contributed by atoms with van der Waals surface area (Å²) < 4.78 is 11.2. The minimum Gasteiger partial charge on any atom is -0.492 e. The van der Waals surface area contributed by atoms with Crippen molar-refractivity contribution in [1.29, 1.82) is 0 Å². The highest BCUT2D eigenvalue weighted by Gasteiger charge is 2.24. The number of carboxylic acid groups (broad SMARTS) is 1. The maximum atomic E-state index is 11.3. The van der Waals surface area contributed by atoms with Gasteiger partial charge in [0.05, 0.1) is 12.7 Å². The molecule has 1 unspecified atom stereocenters. The first-order valence-corrected chi connectivity index (χ1v) is 7.81. The van der Waals surface area contributed by atoms with Crippen LogP contribution in [-0.4, -0.2) is 30.4 Å². The van der Waals surface area contributed by atoms with Gasteiger partial charge in [-0.1, -0.05) is 20.8 Å². The van der Waals surface area contributed by atoms with Crippen molar-refractivity contribution in [3.63, 3.8) is 0 Å². The zero-order valence-electron chi connectivity index (χ0n) is 12.3. The highest BCUT2D eigenvalue weighted by atomic mass is 32.1. The Morgan fingerprint density at radius 3 is 2.85 bits per heavy atom. The van der Waals surface area contributed by atoms with E-state index in [4.69, 9.17) is 9.47 Å². The molecule has 1 aliphatic rings. The molecular formula is C15H22O4S. The first-order valence-electron chi connectivity index (χ1n) is 7.00. The molecule has 1 aromatic rings. The Kier molecular flexibility index (Phi) is 4.70. The summed E-state index contributed by atoms with van der Waals surface area (Å²) in [6.45, 7) is 7.55. The van der Waals surface area contributed by atoms with E-state index < -0.39 is 5.97 Å². The van der Waals surface area contributed by atoms with Gasteiger partial charge in [0.2, 0.25) is 0 Å². The molecule has 1 atom stereocenters. The van der Waals surface area contributed by atoms with E-state index in [0.717, 1.165) is 30.7 Å². The van der Waals surface area contributed by atoms with Gasteiger partial charge in [-0.25, -0.2) is 4.79 Å². The van der Waals surface area contributed by atoms with E-state index in [1.54, 1.807) is 0 Å². The van der Waals surface area contributed by atoms with Crippen molar-refractivity contribution in [2.24, 2.45) is 0 Å². The van der Waals surface area contributed by atoms with Gasteiger partial charge in [-0.2, -0.15) is 0 Å². The van der Waals surface area contributed by atoms with E-state index in [1.807, 2.05) is 6.07 Å². The van der Waals surface area contributed by atoms with Crippen LogP contribution in [0.1, 0.15) is 54.6 Å². The number of carbonyl (C=O) groups is 1. The Balaban J connectivity index is 2.01. The van der Waals surface area contributed by atoms with Crippen LogP contribution in [0.5, 0.6) is 5.75 Å². The number of carboxylic acids is 1. The molecule has 0 bridgehead atoms. The molecule has 0 saturated carbocycles. The highest BCUT2D eigenvalue weighted by molar-refractivity contribution is 7.14. The Hall–Kier alpha value is -1.07. The van der Waals surface area contributed by atoms with Crippen LogP contribution in [0.25, 0.3) is 0 Å². The predicted octanol–water partition coefficient (Wildman–Crippen LogP) is 3.69. The van der Waals surface area contributed by atoms with Gasteiger partial charge in [0.25, 0.3) is 0 Å². The molecule has 0 amide bonds. The number of aromatic carboxylic acids is 1. The second-order valence-corrected chi connectivity index (χ2v) is 7.18. The molecule has 2 heterocycles. The largest absolute Gasteiger partial charge is 0.492 e. The Bertz CT molecular complexity index is 467. The Labute approximate surface area is 123 Å². The van der Waals surface area contributed by atoms with Gasteiger partial charge in [0.1, 0.15) is 5.75 Å². The third-order valence-electron chi connectivity index (χ3n) is 3.35. The van der Waals surface area contributed by atoms with Crippen molar-refractivity contribution in [3.05, 3.63) is 15.8 Å². The van der Waals surface area contributed by atoms with Gasteiger partial charge in [-0.05, 0) is 24.3 Å². The van der Waals surface area contributed by atoms with E-state index in [2.05, 4.69) is 20.8 Å². The third kappa shape index (κ3) is 3.73. The molecule has 1 fully saturated rings. The lowest BCUT2D eigenvalue weighted by Crippen LogP contribution is -2.11. The summed E-state index contributed by atoms with van der Waals surface area (Å²) >= 11 is 1.30. The second kappa shape index (κ2) is 6.14. The lowest BCUT2D eigenvalue weighted by Gasteiger charge is -2.15. The van der Waals surface area contributed by atoms with E-state index in [9.17, 15) is 9.90 Å². The molecule has 112 valence electrons. The molecule has 2 rings (SSSR count). The SMILES string of the molecule is CC(C)(C)c1cc(OCCC2CCCO2)c(C(=O)O)s1. The van der Waals surface area contributed by atoms with Crippen molar-refractivity contribution in [1.82, 2.24) is 0 Å². The quantitative estimate of drug-likeness (QED) is 0.900. The first-order chi connectivity index (χ1) is 9.38. The molecule has 1 aromatic heterocycles. The summed E-state index contributed by atoms with van der Waals surface area (Å²) in [6, 6.07) is 1.86. The van der Waals surface area contributed by atoms with Crippen molar-refractivity contribution in [2.45, 2.75) is 51.6 Å². The fourth-order valence-corrected chi connectivity index (χ4v) is 3.17. The lowest BCUT2D eigenvalue weighted by molar-refractivity contribution is 0.0695. The van der Waals surface area contributed by atoms with Crippen LogP contribution < -0.4 is 4.74 Å². The monoisotopic (exact) mass is 298 g/mol. The molecule has 1 N–H and O–H groups in total. The van der Waals surface area contributed by atoms with Crippen LogP contribution >= 0.6 is 11.3 Å². The predicted molar refractivity (Wildman–Crippen MR) is 79.1 cm³/mol. The Morgan fingerprint density at radius 2 is 2.30 bits per heavy atom. The van der Waals surface area contributed by atoms with Gasteiger partial charge in [-0.15, -0.1) is 11.3 Å². The first kappa shape index (κ1) is 15.3. The zero-order valence-corrected chi connectivity index (χ0v) is 13.1. The maximum absolute atomic E-state index is 11.3. The lowest BCUT2D eigenvalue weighted by atomic mass is 9.95. The van der Waals surface area contributed by atoms with Crippen molar-refractivity contribution < 1.29 is 19.4 Å². The molecular weight excluding hydrogens is 276 g/mol. The second-order valence-electron chi connectivity index (χ2n) is 6.13. The van der Waals surface area contributed by atoms with Crippen molar-refractivity contribution in [2.75, 3.05) is 13.2 Å². The third-order valence-corrected chi connectivity index (χ3v) is 4.88. The molecule has 0 aliphatic carbocycles. The number of rotatable bonds is 5. The van der Waals surface area contributed by atoms with Gasteiger partial charge < -0.3 is 14.6 Å². The normalized spacial score (nSPS) is 19.2. The molecule has 20 heavy (non-hydrogen) atoms. The summed E-state index contributed by atoms with van der Waals surface area (Å²) in [6.07, 6.45) is 3.27. The van der Waals surface area contributed by atoms with Gasteiger partial charge in [0.15, 0.2) is 4.88 Å². The van der Waals surface area contributed by atoms with Crippen LogP contribution in [-0.2, 0) is 10.2 Å². The average Bonchev–Trinajstić information content (AvgIpc) is 2.96. The maximum Gasteiger partial charge on any atom is 0.349 e. The van der Waals surface area contributed by atoms with E-state index in [1.165, 1.54) is 11.3 Å². The summed E-state index contributed by atoms with van der Waals surface area (Å²) in [5, 5.41) is 9.26. The minimum absolute atomic E-state index is 0.0644. The average molecular weight is 298 g/mol. The van der Waals surface area contributed by atoms with Crippen LogP contribution in [0.2, 0.25) is 0 Å². The standard InChI is InChI=1S/C15H22O4S/c1-15(2,3)12-9-11(13(20-12)14(16)17)19-8-6-10-5-4-7-18-10/h9-10H,4-8H2,1-3H3,(H,16,17). The summed E-state index contributed by atoms with van der Waals surface area (Å²) in [5.41, 5.74) is -0.0644. The molecule has 0 aromatic carbocycles. The van der Waals surface area contributed by atoms with Crippen molar-refractivity contribution >= 4 is 17.3 Å². The van der Waals surface area contributed by atoms with E-state index >= 15 is 0 Å². The fourth-order valence-electron chi connectivity index (χ4n) is 2.17. The zero-order chi connectivity index (χ0) is 14.8. The van der Waals surface area contributed by atoms with Gasteiger partial charge >= 0.3 is 5.97 Å². The van der Waals surface area contributed by atoms with Crippen LogP contribution in [0, 0.1) is 0 Å². The smallest absolute Gasteiger partial charge is 0.349 e. The topological polar surface area (TPSA) is 55.8 Å². The number of thiophene rings is 1.